The number of nitrogens with zero attached hydrogens (tertiary/aromatic N) is 1. The van der Waals surface area contributed by atoms with Crippen molar-refractivity contribution in [2.45, 2.75) is 51.2 Å². The summed E-state index contributed by atoms with van der Waals surface area (Å²) in [5, 5.41) is 10.2. The normalized spacial score (nSPS) is 19.1. The number of thioether (sulfide) groups is 1. The zero-order chi connectivity index (χ0) is 18.1. The van der Waals surface area contributed by atoms with Crippen LogP contribution in [0, 0.1) is 5.82 Å². The van der Waals surface area contributed by atoms with Gasteiger partial charge in [-0.05, 0) is 36.3 Å². The number of hydrogen-bond acceptors (Lipinski definition) is 3. The minimum absolute atomic E-state index is 0.249. The Kier molecular flexibility index (Phi) is 8.93. The zero-order valence-electron chi connectivity index (χ0n) is 14.9. The molecule has 1 aliphatic heterocycles. The van der Waals surface area contributed by atoms with Crippen molar-refractivity contribution < 1.29 is 9.50 Å². The Bertz CT molecular complexity index is 561. The zero-order valence-corrected chi connectivity index (χ0v) is 16.5. The van der Waals surface area contributed by atoms with Gasteiger partial charge in [-0.3, -0.25) is 0 Å². The van der Waals surface area contributed by atoms with Crippen LogP contribution in [0.25, 0.3) is 0 Å². The molecule has 0 aromatic heterocycles. The number of likely N-dealkylation sites (tertiary alicyclic amines) is 1. The van der Waals surface area contributed by atoms with Crippen molar-refractivity contribution in [2.75, 3.05) is 18.1 Å². The third-order valence-corrected chi connectivity index (χ3v) is 5.89. The fourth-order valence-electron chi connectivity index (χ4n) is 2.94. The lowest BCUT2D eigenvalue weighted by Gasteiger charge is -2.24. The lowest BCUT2D eigenvalue weighted by atomic mass is 10.1. The summed E-state index contributed by atoms with van der Waals surface area (Å²) in [7, 11) is 0. The Morgan fingerprint density at radius 1 is 1.36 bits per heavy atom. The van der Waals surface area contributed by atoms with Gasteiger partial charge in [0, 0.05) is 31.2 Å². The molecule has 0 amide bonds. The minimum Gasteiger partial charge on any atom is -0.389 e. The van der Waals surface area contributed by atoms with E-state index in [1.54, 1.807) is 12.1 Å². The first-order valence-corrected chi connectivity index (χ1v) is 10.6. The molecule has 0 aliphatic carbocycles. The summed E-state index contributed by atoms with van der Waals surface area (Å²) in [5.74, 6) is 2.07. The SMILES string of the molecule is CCCCSCCN1C(=S)CC[C@@H]1/C=C/[C@@H](O)Cc1ccc(F)cc1. The molecule has 5 heteroatoms. The predicted molar refractivity (Wildman–Crippen MR) is 110 cm³/mol. The molecule has 1 saturated heterocycles. The van der Waals surface area contributed by atoms with Crippen LogP contribution in [-0.4, -0.2) is 45.2 Å². The van der Waals surface area contributed by atoms with Crippen LogP contribution in [0.3, 0.4) is 0 Å². The van der Waals surface area contributed by atoms with Crippen LogP contribution in [-0.2, 0) is 6.42 Å². The Labute approximate surface area is 160 Å². The summed E-state index contributed by atoms with van der Waals surface area (Å²) in [6.45, 7) is 3.20. The molecule has 1 heterocycles. The van der Waals surface area contributed by atoms with Gasteiger partial charge < -0.3 is 10.0 Å². The van der Waals surface area contributed by atoms with E-state index in [0.29, 0.717) is 12.5 Å². The number of unbranched alkanes of at least 4 members (excludes halogenated alkanes) is 1. The largest absolute Gasteiger partial charge is 0.389 e. The van der Waals surface area contributed by atoms with Gasteiger partial charge in [-0.1, -0.05) is 49.8 Å². The summed E-state index contributed by atoms with van der Waals surface area (Å²) in [6.07, 6.45) is 8.39. The van der Waals surface area contributed by atoms with Gasteiger partial charge in [0.05, 0.1) is 11.1 Å². The Hall–Kier alpha value is -0.910. The fourth-order valence-corrected chi connectivity index (χ4v) is 4.31. The van der Waals surface area contributed by atoms with Crippen LogP contribution in [0.1, 0.15) is 38.2 Å². The number of aliphatic hydroxyl groups excluding tert-OH is 1. The number of halogens is 1. The number of benzene rings is 1. The summed E-state index contributed by atoms with van der Waals surface area (Å²) >= 11 is 7.49. The molecule has 0 spiro atoms. The van der Waals surface area contributed by atoms with Crippen LogP contribution < -0.4 is 0 Å². The van der Waals surface area contributed by atoms with Crippen molar-refractivity contribution in [2.24, 2.45) is 0 Å². The van der Waals surface area contributed by atoms with E-state index in [-0.39, 0.29) is 5.82 Å². The third-order valence-electron chi connectivity index (χ3n) is 4.41. The summed E-state index contributed by atoms with van der Waals surface area (Å²) in [5.41, 5.74) is 0.935. The van der Waals surface area contributed by atoms with Crippen molar-refractivity contribution in [1.82, 2.24) is 4.90 Å². The lowest BCUT2D eigenvalue weighted by molar-refractivity contribution is 0.222. The second kappa shape index (κ2) is 10.9. The van der Waals surface area contributed by atoms with Crippen LogP contribution in [0.5, 0.6) is 0 Å². The molecule has 1 fully saturated rings. The molecule has 138 valence electrons. The molecule has 2 atom stereocenters. The van der Waals surface area contributed by atoms with Gasteiger partial charge in [0.15, 0.2) is 0 Å². The highest BCUT2D eigenvalue weighted by atomic mass is 32.2. The second-order valence-electron chi connectivity index (χ2n) is 6.44. The van der Waals surface area contributed by atoms with E-state index in [4.69, 9.17) is 12.2 Å². The maximum absolute atomic E-state index is 12.9. The third kappa shape index (κ3) is 7.08. The molecule has 1 aromatic carbocycles. The van der Waals surface area contributed by atoms with E-state index in [1.165, 1.54) is 30.7 Å². The first-order chi connectivity index (χ1) is 12.1. The monoisotopic (exact) mass is 381 g/mol. The van der Waals surface area contributed by atoms with Gasteiger partial charge in [0.1, 0.15) is 5.82 Å². The molecule has 0 bridgehead atoms. The molecule has 1 aliphatic rings. The number of rotatable bonds is 10. The van der Waals surface area contributed by atoms with Crippen molar-refractivity contribution in [3.63, 3.8) is 0 Å². The topological polar surface area (TPSA) is 23.5 Å². The van der Waals surface area contributed by atoms with Crippen LogP contribution in [0.15, 0.2) is 36.4 Å². The predicted octanol–water partition coefficient (Wildman–Crippen LogP) is 4.61. The van der Waals surface area contributed by atoms with E-state index in [9.17, 15) is 9.50 Å². The summed E-state index contributed by atoms with van der Waals surface area (Å²) in [6, 6.07) is 6.59. The van der Waals surface area contributed by atoms with Crippen LogP contribution >= 0.6 is 24.0 Å². The Morgan fingerprint density at radius 3 is 2.84 bits per heavy atom. The lowest BCUT2D eigenvalue weighted by Crippen LogP contribution is -2.33. The molecule has 0 radical (unpaired) electrons. The number of aliphatic hydroxyl groups is 1. The van der Waals surface area contributed by atoms with Gasteiger partial charge in [0.2, 0.25) is 0 Å². The fraction of sp³-hybridized carbons (Fsp3) is 0.550. The summed E-state index contributed by atoms with van der Waals surface area (Å²) in [4.78, 5) is 3.34. The molecule has 25 heavy (non-hydrogen) atoms. The van der Waals surface area contributed by atoms with E-state index >= 15 is 0 Å². The first-order valence-electron chi connectivity index (χ1n) is 9.08. The van der Waals surface area contributed by atoms with Gasteiger partial charge in [-0.15, -0.1) is 0 Å². The van der Waals surface area contributed by atoms with Gasteiger partial charge in [0.25, 0.3) is 0 Å². The van der Waals surface area contributed by atoms with Crippen molar-refractivity contribution in [3.8, 4) is 0 Å². The first kappa shape index (κ1) is 20.4. The molecule has 1 aromatic rings. The maximum Gasteiger partial charge on any atom is 0.123 e. The molecular weight excluding hydrogens is 353 g/mol. The average molecular weight is 382 g/mol. The summed E-state index contributed by atoms with van der Waals surface area (Å²) < 4.78 is 12.9. The highest BCUT2D eigenvalue weighted by Crippen LogP contribution is 2.22. The van der Waals surface area contributed by atoms with Crippen molar-refractivity contribution >= 4 is 29.0 Å². The van der Waals surface area contributed by atoms with E-state index in [2.05, 4.69) is 17.9 Å². The van der Waals surface area contributed by atoms with Crippen molar-refractivity contribution in [1.29, 1.82) is 0 Å². The Morgan fingerprint density at radius 2 is 2.12 bits per heavy atom. The van der Waals surface area contributed by atoms with Crippen LogP contribution in [0.2, 0.25) is 0 Å². The van der Waals surface area contributed by atoms with E-state index < -0.39 is 6.10 Å². The highest BCUT2D eigenvalue weighted by Gasteiger charge is 2.25. The smallest absolute Gasteiger partial charge is 0.123 e. The highest BCUT2D eigenvalue weighted by molar-refractivity contribution is 7.99. The number of thiocarbonyl (C=S) groups is 1. The molecule has 0 unspecified atom stereocenters. The molecule has 2 rings (SSSR count). The van der Waals surface area contributed by atoms with Crippen LogP contribution in [0.4, 0.5) is 4.39 Å². The quantitative estimate of drug-likeness (QED) is 0.363. The number of hydrogen-bond donors (Lipinski definition) is 1. The molecule has 0 saturated carbocycles. The second-order valence-corrected chi connectivity index (χ2v) is 8.14. The average Bonchev–Trinajstić information content (AvgIpc) is 2.95. The molecule has 2 nitrogen and oxygen atoms in total. The maximum atomic E-state index is 12.9. The van der Waals surface area contributed by atoms with Gasteiger partial charge in [-0.2, -0.15) is 11.8 Å². The molecular formula is C20H28FNOS2. The van der Waals surface area contributed by atoms with Gasteiger partial charge in [-0.25, -0.2) is 4.39 Å². The van der Waals surface area contributed by atoms with Gasteiger partial charge >= 0.3 is 0 Å². The van der Waals surface area contributed by atoms with E-state index in [1.807, 2.05) is 17.8 Å². The Balaban J connectivity index is 1.80. The standard InChI is InChI=1S/C20H28FNOS2/c1-2-3-13-25-14-12-22-18(9-11-20(22)24)8-10-19(23)15-16-4-6-17(21)7-5-16/h4-8,10,18-19,23H,2-3,9,11-15H2,1H3/b10-8+/t18-,19+/m0/s1. The minimum atomic E-state index is -0.555. The van der Waals surface area contributed by atoms with E-state index in [0.717, 1.165) is 35.7 Å². The van der Waals surface area contributed by atoms with Crippen molar-refractivity contribution in [3.05, 3.63) is 47.8 Å². The molecule has 1 N–H and O–H groups in total.